The van der Waals surface area contributed by atoms with Crippen LogP contribution in [-0.4, -0.2) is 19.5 Å². The van der Waals surface area contributed by atoms with Crippen LogP contribution >= 0.6 is 0 Å². The zero-order chi connectivity index (χ0) is 31.2. The van der Waals surface area contributed by atoms with Crippen molar-refractivity contribution in [3.63, 3.8) is 0 Å². The van der Waals surface area contributed by atoms with E-state index in [0.29, 0.717) is 17.5 Å². The first-order valence-electron chi connectivity index (χ1n) is 15.3. The van der Waals surface area contributed by atoms with Crippen molar-refractivity contribution in [2.24, 2.45) is 0 Å². The number of aryl methyl sites for hydroxylation is 2. The molecule has 2 aromatic heterocycles. The van der Waals surface area contributed by atoms with Crippen molar-refractivity contribution in [1.82, 2.24) is 19.5 Å². The van der Waals surface area contributed by atoms with Crippen molar-refractivity contribution >= 4 is 21.8 Å². The minimum Gasteiger partial charge on any atom is -0.308 e. The topological polar surface area (TPSA) is 43.6 Å². The van der Waals surface area contributed by atoms with E-state index in [1.807, 2.05) is 72.8 Å². The van der Waals surface area contributed by atoms with Crippen LogP contribution in [0.1, 0.15) is 11.1 Å². The number of rotatable bonds is 5. The maximum Gasteiger partial charge on any atom is 0.166 e. The Kier molecular flexibility index (Phi) is 6.72. The fourth-order valence-electron chi connectivity index (χ4n) is 6.18. The molecule has 0 aliphatic heterocycles. The summed E-state index contributed by atoms with van der Waals surface area (Å²) in [6.07, 6.45) is 0. The van der Waals surface area contributed by atoms with E-state index in [1.165, 1.54) is 6.07 Å². The maximum atomic E-state index is 14.5. The van der Waals surface area contributed by atoms with E-state index in [2.05, 4.69) is 66.9 Å². The molecule has 0 spiro atoms. The fourth-order valence-corrected chi connectivity index (χ4v) is 6.18. The standard InChI is InChI=1S/C41H29FN4/c1-26-16-19-33-34-20-17-27(2)23-37(34)46(36(33)22-26)38-25-31(30-14-9-15-32(42)24-30)18-21-35(38)41-44-39(28-10-5-3-6-11-28)43-40(45-41)29-12-7-4-8-13-29/h3-25H,1-2H3. The maximum absolute atomic E-state index is 14.5. The lowest BCUT2D eigenvalue weighted by atomic mass is 10.0. The molecule has 0 unspecified atom stereocenters. The minimum absolute atomic E-state index is 0.274. The van der Waals surface area contributed by atoms with E-state index in [0.717, 1.165) is 66.4 Å². The lowest BCUT2D eigenvalue weighted by molar-refractivity contribution is 0.628. The molecule has 0 aliphatic carbocycles. The fraction of sp³-hybridized carbons (Fsp3) is 0.0488. The molecule has 4 nitrogen and oxygen atoms in total. The van der Waals surface area contributed by atoms with Gasteiger partial charge in [-0.2, -0.15) is 0 Å². The van der Waals surface area contributed by atoms with Crippen LogP contribution in [0.3, 0.4) is 0 Å². The molecule has 6 aromatic carbocycles. The lowest BCUT2D eigenvalue weighted by Gasteiger charge is -2.17. The van der Waals surface area contributed by atoms with Crippen LogP contribution in [0.5, 0.6) is 0 Å². The van der Waals surface area contributed by atoms with Crippen LogP contribution in [0.4, 0.5) is 4.39 Å². The van der Waals surface area contributed by atoms with Gasteiger partial charge in [-0.05, 0) is 72.5 Å². The summed E-state index contributed by atoms with van der Waals surface area (Å²) in [4.78, 5) is 15.1. The number of nitrogens with zero attached hydrogens (tertiary/aromatic N) is 4. The van der Waals surface area contributed by atoms with Crippen molar-refractivity contribution in [3.05, 3.63) is 156 Å². The molecule has 0 aliphatic rings. The van der Waals surface area contributed by atoms with Gasteiger partial charge in [-0.3, -0.25) is 0 Å². The summed E-state index contributed by atoms with van der Waals surface area (Å²) in [6.45, 7) is 4.22. The predicted molar refractivity (Wildman–Crippen MR) is 185 cm³/mol. The van der Waals surface area contributed by atoms with Crippen LogP contribution in [0.2, 0.25) is 0 Å². The highest BCUT2D eigenvalue weighted by molar-refractivity contribution is 6.10. The van der Waals surface area contributed by atoms with Crippen LogP contribution in [0.25, 0.3) is 72.8 Å². The minimum atomic E-state index is -0.274. The average Bonchev–Trinajstić information content (AvgIpc) is 3.40. The van der Waals surface area contributed by atoms with Crippen molar-refractivity contribution in [2.45, 2.75) is 13.8 Å². The molecule has 46 heavy (non-hydrogen) atoms. The van der Waals surface area contributed by atoms with Gasteiger partial charge < -0.3 is 4.57 Å². The van der Waals surface area contributed by atoms with Crippen molar-refractivity contribution in [2.75, 3.05) is 0 Å². The summed E-state index contributed by atoms with van der Waals surface area (Å²) in [6, 6.07) is 46.0. The van der Waals surface area contributed by atoms with Gasteiger partial charge in [0.1, 0.15) is 5.82 Å². The van der Waals surface area contributed by atoms with Gasteiger partial charge >= 0.3 is 0 Å². The Labute approximate surface area is 266 Å². The zero-order valence-electron chi connectivity index (χ0n) is 25.4. The Balaban J connectivity index is 1.47. The van der Waals surface area contributed by atoms with Crippen LogP contribution in [-0.2, 0) is 0 Å². The summed E-state index contributed by atoms with van der Waals surface area (Å²) < 4.78 is 16.8. The molecule has 2 heterocycles. The number of fused-ring (bicyclic) bond motifs is 3. The Morgan fingerprint density at radius 3 is 1.54 bits per heavy atom. The van der Waals surface area contributed by atoms with Gasteiger partial charge in [0.2, 0.25) is 0 Å². The van der Waals surface area contributed by atoms with E-state index in [4.69, 9.17) is 15.0 Å². The van der Waals surface area contributed by atoms with Crippen LogP contribution in [0, 0.1) is 19.7 Å². The molecule has 8 aromatic rings. The molecule has 8 rings (SSSR count). The molecule has 0 N–H and O–H groups in total. The summed E-state index contributed by atoms with van der Waals surface area (Å²) >= 11 is 0. The molecule has 0 fully saturated rings. The number of aromatic nitrogens is 4. The zero-order valence-corrected chi connectivity index (χ0v) is 25.4. The van der Waals surface area contributed by atoms with Crippen LogP contribution < -0.4 is 0 Å². The van der Waals surface area contributed by atoms with Crippen molar-refractivity contribution in [3.8, 4) is 51.0 Å². The summed E-state index contributed by atoms with van der Waals surface area (Å²) in [7, 11) is 0. The predicted octanol–water partition coefficient (Wildman–Crippen LogP) is 10.4. The number of hydrogen-bond acceptors (Lipinski definition) is 3. The molecule has 0 atom stereocenters. The molecular formula is C41H29FN4. The van der Waals surface area contributed by atoms with Gasteiger partial charge in [0.25, 0.3) is 0 Å². The second kappa shape index (κ2) is 11.2. The number of halogens is 1. The monoisotopic (exact) mass is 596 g/mol. The highest BCUT2D eigenvalue weighted by atomic mass is 19.1. The van der Waals surface area contributed by atoms with Gasteiger partial charge in [0.05, 0.1) is 16.7 Å². The van der Waals surface area contributed by atoms with Crippen LogP contribution in [0.15, 0.2) is 140 Å². The molecule has 220 valence electrons. The van der Waals surface area contributed by atoms with E-state index in [1.54, 1.807) is 12.1 Å². The van der Waals surface area contributed by atoms with Gasteiger partial charge in [0, 0.05) is 27.5 Å². The second-order valence-corrected chi connectivity index (χ2v) is 11.7. The molecule has 0 bridgehead atoms. The third-order valence-electron chi connectivity index (χ3n) is 8.42. The quantitative estimate of drug-likeness (QED) is 0.199. The highest BCUT2D eigenvalue weighted by Gasteiger charge is 2.20. The summed E-state index contributed by atoms with van der Waals surface area (Å²) in [5.74, 6) is 1.48. The molecule has 0 radical (unpaired) electrons. The highest BCUT2D eigenvalue weighted by Crippen LogP contribution is 2.39. The number of benzene rings is 6. The van der Waals surface area contributed by atoms with Gasteiger partial charge in [-0.15, -0.1) is 0 Å². The third-order valence-corrected chi connectivity index (χ3v) is 8.42. The average molecular weight is 597 g/mol. The smallest absolute Gasteiger partial charge is 0.166 e. The largest absolute Gasteiger partial charge is 0.308 e. The SMILES string of the molecule is Cc1ccc2c3ccc(C)cc3n(-c3cc(-c4cccc(F)c4)ccc3-c3nc(-c4ccccc4)nc(-c4ccccc4)n3)c2c1. The molecule has 0 saturated heterocycles. The van der Waals surface area contributed by atoms with Crippen molar-refractivity contribution in [1.29, 1.82) is 0 Å². The summed E-state index contributed by atoms with van der Waals surface area (Å²) in [5.41, 5.74) is 9.75. The Morgan fingerprint density at radius 1 is 0.457 bits per heavy atom. The molecule has 5 heteroatoms. The first-order chi connectivity index (χ1) is 22.5. The first kappa shape index (κ1) is 27.6. The molecule has 0 amide bonds. The molecular weight excluding hydrogens is 567 g/mol. The molecule has 0 saturated carbocycles. The lowest BCUT2D eigenvalue weighted by Crippen LogP contribution is -2.04. The van der Waals surface area contributed by atoms with E-state index >= 15 is 0 Å². The second-order valence-electron chi connectivity index (χ2n) is 11.7. The van der Waals surface area contributed by atoms with Crippen molar-refractivity contribution < 1.29 is 4.39 Å². The summed E-state index contributed by atoms with van der Waals surface area (Å²) in [5, 5.41) is 2.32. The number of hydrogen-bond donors (Lipinski definition) is 0. The Hall–Kier alpha value is -5.94. The Bertz CT molecular complexity index is 2280. The first-order valence-corrected chi connectivity index (χ1v) is 15.3. The van der Waals surface area contributed by atoms with Gasteiger partial charge in [-0.25, -0.2) is 19.3 Å². The van der Waals surface area contributed by atoms with E-state index in [-0.39, 0.29) is 5.82 Å². The van der Waals surface area contributed by atoms with Gasteiger partial charge in [0.15, 0.2) is 17.5 Å². The van der Waals surface area contributed by atoms with E-state index in [9.17, 15) is 4.39 Å². The third kappa shape index (κ3) is 4.92. The Morgan fingerprint density at radius 2 is 0.978 bits per heavy atom. The normalized spacial score (nSPS) is 11.4. The van der Waals surface area contributed by atoms with Gasteiger partial charge in [-0.1, -0.05) is 103 Å². The van der Waals surface area contributed by atoms with E-state index < -0.39 is 0 Å².